The van der Waals surface area contributed by atoms with Crippen molar-refractivity contribution < 1.29 is 4.79 Å². The van der Waals surface area contributed by atoms with Gasteiger partial charge in [-0.3, -0.25) is 14.4 Å². The number of carbonyl (C=O) groups excluding carboxylic acids is 1. The maximum atomic E-state index is 12.6. The lowest BCUT2D eigenvalue weighted by Crippen LogP contribution is -2.34. The lowest BCUT2D eigenvalue weighted by molar-refractivity contribution is 0.0949. The molecule has 1 fully saturated rings. The Morgan fingerprint density at radius 2 is 2.03 bits per heavy atom. The van der Waals surface area contributed by atoms with Crippen LogP contribution in [0.1, 0.15) is 51.8 Å². The molecule has 1 amide bonds. The van der Waals surface area contributed by atoms with E-state index >= 15 is 0 Å². The molecule has 1 unspecified atom stereocenters. The summed E-state index contributed by atoms with van der Waals surface area (Å²) in [5.74, 6) is 0.989. The Morgan fingerprint density at radius 1 is 1.20 bits per heavy atom. The van der Waals surface area contributed by atoms with Crippen molar-refractivity contribution in [1.82, 2.24) is 30.0 Å². The zero-order chi connectivity index (χ0) is 20.9. The first-order chi connectivity index (χ1) is 14.6. The van der Waals surface area contributed by atoms with E-state index in [1.807, 2.05) is 55.2 Å². The highest BCUT2D eigenvalue weighted by Crippen LogP contribution is 2.26. The minimum Gasteiger partial charge on any atom is -0.348 e. The van der Waals surface area contributed by atoms with Gasteiger partial charge in [0.25, 0.3) is 5.91 Å². The van der Waals surface area contributed by atoms with Crippen LogP contribution in [-0.4, -0.2) is 43.6 Å². The normalized spacial score (nSPS) is 17.1. The Morgan fingerprint density at radius 3 is 2.77 bits per heavy atom. The maximum Gasteiger partial charge on any atom is 0.254 e. The minimum atomic E-state index is -0.134. The van der Waals surface area contributed by atoms with Gasteiger partial charge in [-0.05, 0) is 31.9 Å². The molecule has 0 bridgehead atoms. The monoisotopic (exact) mass is 404 g/mol. The first kappa shape index (κ1) is 20.2. The number of nitrogens with zero attached hydrogens (tertiary/aromatic N) is 5. The van der Waals surface area contributed by atoms with Crippen molar-refractivity contribution in [2.24, 2.45) is 7.05 Å². The number of hydrogen-bond acceptors (Lipinski definition) is 5. The molecule has 30 heavy (non-hydrogen) atoms. The molecule has 0 spiro atoms. The van der Waals surface area contributed by atoms with Gasteiger partial charge in [-0.15, -0.1) is 0 Å². The Hall–Kier alpha value is -3.06. The molecule has 0 radical (unpaired) electrons. The van der Waals surface area contributed by atoms with Crippen LogP contribution in [-0.2, 0) is 20.1 Å². The van der Waals surface area contributed by atoms with Gasteiger partial charge in [-0.2, -0.15) is 5.10 Å². The fourth-order valence-electron chi connectivity index (χ4n) is 4.00. The Bertz CT molecular complexity index is 1000. The molecule has 1 aliphatic rings. The van der Waals surface area contributed by atoms with E-state index in [0.29, 0.717) is 12.1 Å². The predicted molar refractivity (Wildman–Crippen MR) is 115 cm³/mol. The number of aryl methyl sites for hydroxylation is 2. The highest BCUT2D eigenvalue weighted by atomic mass is 16.1. The molecule has 3 aromatic rings. The number of piperidine rings is 1. The second kappa shape index (κ2) is 9.17. The highest BCUT2D eigenvalue weighted by molar-refractivity contribution is 5.94. The van der Waals surface area contributed by atoms with Crippen molar-refractivity contribution in [1.29, 1.82) is 0 Å². The standard InChI is InChI=1S/C23H28N6O/c1-17-21(23(30)25-11-18-7-4-3-5-8-18)13-24-22(27-17)20-9-6-10-29(16-20)15-19-12-26-28(2)14-19/h3-5,7-8,12-14,20H,6,9-11,15-16H2,1-2H3,(H,25,30). The van der Waals surface area contributed by atoms with E-state index in [4.69, 9.17) is 4.98 Å². The van der Waals surface area contributed by atoms with E-state index in [9.17, 15) is 4.79 Å². The molecule has 1 aromatic carbocycles. The Labute approximate surface area is 177 Å². The fraction of sp³-hybridized carbons (Fsp3) is 0.391. The first-order valence-electron chi connectivity index (χ1n) is 10.4. The number of carbonyl (C=O) groups is 1. The van der Waals surface area contributed by atoms with Crippen molar-refractivity contribution in [3.63, 3.8) is 0 Å². The molecule has 156 valence electrons. The van der Waals surface area contributed by atoms with Crippen molar-refractivity contribution >= 4 is 5.91 Å². The summed E-state index contributed by atoms with van der Waals surface area (Å²) in [7, 11) is 1.94. The van der Waals surface area contributed by atoms with Gasteiger partial charge in [-0.1, -0.05) is 30.3 Å². The minimum absolute atomic E-state index is 0.134. The quantitative estimate of drug-likeness (QED) is 0.684. The van der Waals surface area contributed by atoms with Crippen LogP contribution < -0.4 is 5.32 Å². The Kier molecular flexibility index (Phi) is 6.18. The van der Waals surface area contributed by atoms with Crippen LogP contribution in [0, 0.1) is 6.92 Å². The van der Waals surface area contributed by atoms with Crippen LogP contribution in [0.2, 0.25) is 0 Å². The van der Waals surface area contributed by atoms with E-state index in [1.165, 1.54) is 5.56 Å². The average Bonchev–Trinajstić information content (AvgIpc) is 3.17. The van der Waals surface area contributed by atoms with Gasteiger partial charge in [0.2, 0.25) is 0 Å². The van der Waals surface area contributed by atoms with Gasteiger partial charge >= 0.3 is 0 Å². The number of benzene rings is 1. The number of nitrogens with one attached hydrogen (secondary N) is 1. The number of rotatable bonds is 6. The zero-order valence-electron chi connectivity index (χ0n) is 17.6. The molecule has 0 aliphatic carbocycles. The number of amides is 1. The molecule has 0 saturated carbocycles. The largest absolute Gasteiger partial charge is 0.348 e. The smallest absolute Gasteiger partial charge is 0.254 e. The first-order valence-corrected chi connectivity index (χ1v) is 10.4. The van der Waals surface area contributed by atoms with E-state index in [2.05, 4.69) is 26.5 Å². The average molecular weight is 405 g/mol. The summed E-state index contributed by atoms with van der Waals surface area (Å²) in [4.78, 5) is 24.3. The van der Waals surface area contributed by atoms with Crippen LogP contribution in [0.5, 0.6) is 0 Å². The van der Waals surface area contributed by atoms with Crippen molar-refractivity contribution in [3.05, 3.63) is 77.1 Å². The summed E-state index contributed by atoms with van der Waals surface area (Å²) >= 11 is 0. The molecule has 7 heteroatoms. The van der Waals surface area contributed by atoms with Gasteiger partial charge in [-0.25, -0.2) is 9.97 Å². The molecule has 7 nitrogen and oxygen atoms in total. The molecular weight excluding hydrogens is 376 g/mol. The van der Waals surface area contributed by atoms with Crippen molar-refractivity contribution in [3.8, 4) is 0 Å². The highest BCUT2D eigenvalue weighted by Gasteiger charge is 2.24. The molecule has 2 aromatic heterocycles. The number of hydrogen-bond donors (Lipinski definition) is 1. The number of aromatic nitrogens is 4. The molecule has 1 saturated heterocycles. The summed E-state index contributed by atoms with van der Waals surface area (Å²) in [6, 6.07) is 9.88. The van der Waals surface area contributed by atoms with Crippen molar-refractivity contribution in [2.45, 2.75) is 38.8 Å². The van der Waals surface area contributed by atoms with Crippen molar-refractivity contribution in [2.75, 3.05) is 13.1 Å². The van der Waals surface area contributed by atoms with Gasteiger partial charge in [0.15, 0.2) is 0 Å². The second-order valence-corrected chi connectivity index (χ2v) is 7.99. The molecule has 3 heterocycles. The van der Waals surface area contributed by atoms with E-state index < -0.39 is 0 Å². The van der Waals surface area contributed by atoms with E-state index in [1.54, 1.807) is 6.20 Å². The molecule has 1 aliphatic heterocycles. The summed E-state index contributed by atoms with van der Waals surface area (Å²) in [5, 5.41) is 7.22. The van der Waals surface area contributed by atoms with Crippen LogP contribution in [0.4, 0.5) is 0 Å². The molecule has 4 rings (SSSR count). The fourth-order valence-corrected chi connectivity index (χ4v) is 4.00. The lowest BCUT2D eigenvalue weighted by atomic mass is 9.96. The van der Waals surface area contributed by atoms with E-state index in [0.717, 1.165) is 49.6 Å². The third kappa shape index (κ3) is 4.91. The summed E-state index contributed by atoms with van der Waals surface area (Å²) in [5.41, 5.74) is 3.56. The second-order valence-electron chi connectivity index (χ2n) is 7.99. The van der Waals surface area contributed by atoms with Gasteiger partial charge in [0.1, 0.15) is 5.82 Å². The van der Waals surface area contributed by atoms with Gasteiger partial charge in [0, 0.05) is 50.6 Å². The van der Waals surface area contributed by atoms with Crippen LogP contribution in [0.15, 0.2) is 48.9 Å². The summed E-state index contributed by atoms with van der Waals surface area (Å²) in [6.45, 7) is 5.27. The zero-order valence-corrected chi connectivity index (χ0v) is 17.6. The van der Waals surface area contributed by atoms with Gasteiger partial charge in [0.05, 0.1) is 17.5 Å². The predicted octanol–water partition coefficient (Wildman–Crippen LogP) is 2.83. The van der Waals surface area contributed by atoms with Gasteiger partial charge < -0.3 is 5.32 Å². The number of likely N-dealkylation sites (tertiary alicyclic amines) is 1. The lowest BCUT2D eigenvalue weighted by Gasteiger charge is -2.31. The van der Waals surface area contributed by atoms with Crippen LogP contribution >= 0.6 is 0 Å². The third-order valence-electron chi connectivity index (χ3n) is 5.57. The molecular formula is C23H28N6O. The SMILES string of the molecule is Cc1nc(C2CCCN(Cc3cnn(C)c3)C2)ncc1C(=O)NCc1ccccc1. The van der Waals surface area contributed by atoms with Crippen LogP contribution in [0.3, 0.4) is 0 Å². The molecule has 1 atom stereocenters. The summed E-state index contributed by atoms with van der Waals surface area (Å²) < 4.78 is 1.84. The third-order valence-corrected chi connectivity index (χ3v) is 5.57. The molecule has 1 N–H and O–H groups in total. The maximum absolute atomic E-state index is 12.6. The summed E-state index contributed by atoms with van der Waals surface area (Å²) in [6.07, 6.45) is 7.85. The Balaban J connectivity index is 1.38. The topological polar surface area (TPSA) is 75.9 Å². The van der Waals surface area contributed by atoms with Crippen LogP contribution in [0.25, 0.3) is 0 Å². The van der Waals surface area contributed by atoms with E-state index in [-0.39, 0.29) is 11.8 Å².